The predicted molar refractivity (Wildman–Crippen MR) is 54.5 cm³/mol. The average Bonchev–Trinajstić information content (AvgIpc) is 2.15. The second-order valence-electron chi connectivity index (χ2n) is 2.66. The fourth-order valence-corrected chi connectivity index (χ4v) is 1.66. The summed E-state index contributed by atoms with van der Waals surface area (Å²) in [6.45, 7) is 0. The molecular formula is C9H10F3NOS. The van der Waals surface area contributed by atoms with Gasteiger partial charge in [-0.15, -0.1) is 0 Å². The van der Waals surface area contributed by atoms with Gasteiger partial charge < -0.3 is 10.1 Å². The van der Waals surface area contributed by atoms with Gasteiger partial charge in [-0.05, 0) is 30.0 Å². The lowest BCUT2D eigenvalue weighted by molar-refractivity contribution is -0.0328. The third-order valence-electron chi connectivity index (χ3n) is 1.67. The monoisotopic (exact) mass is 237 g/mol. The number of alkyl halides is 3. The Kier molecular flexibility index (Phi) is 3.73. The molecule has 0 aromatic heterocycles. The molecule has 84 valence electrons. The molecule has 0 atom stereocenters. The first-order chi connectivity index (χ1) is 6.96. The van der Waals surface area contributed by atoms with E-state index in [4.69, 9.17) is 4.74 Å². The Labute approximate surface area is 89.8 Å². The van der Waals surface area contributed by atoms with Crippen LogP contribution in [0.2, 0.25) is 0 Å². The van der Waals surface area contributed by atoms with Crippen molar-refractivity contribution in [1.82, 2.24) is 0 Å². The highest BCUT2D eigenvalue weighted by atomic mass is 32.2. The number of ether oxygens (including phenoxy) is 1. The van der Waals surface area contributed by atoms with Crippen LogP contribution in [0.4, 0.5) is 18.9 Å². The van der Waals surface area contributed by atoms with Crippen LogP contribution in [0.25, 0.3) is 0 Å². The van der Waals surface area contributed by atoms with Gasteiger partial charge in [-0.25, -0.2) is 0 Å². The second-order valence-corrected chi connectivity index (χ2v) is 3.80. The van der Waals surface area contributed by atoms with Crippen molar-refractivity contribution in [3.63, 3.8) is 0 Å². The van der Waals surface area contributed by atoms with E-state index >= 15 is 0 Å². The number of halogens is 3. The molecule has 0 aliphatic heterocycles. The van der Waals surface area contributed by atoms with E-state index in [1.807, 2.05) is 0 Å². The zero-order chi connectivity index (χ0) is 11.5. The molecular weight excluding hydrogens is 227 g/mol. The topological polar surface area (TPSA) is 21.3 Å². The third kappa shape index (κ3) is 3.54. The molecule has 0 saturated heterocycles. The molecule has 15 heavy (non-hydrogen) atoms. The van der Waals surface area contributed by atoms with Gasteiger partial charge in [0, 0.05) is 11.9 Å². The number of thioether (sulfide) groups is 1. The molecule has 2 nitrogen and oxygen atoms in total. The molecule has 1 N–H and O–H groups in total. The van der Waals surface area contributed by atoms with E-state index in [-0.39, 0.29) is 16.7 Å². The van der Waals surface area contributed by atoms with Crippen LogP contribution in [-0.2, 0) is 0 Å². The molecule has 0 radical (unpaired) electrons. The highest BCUT2D eigenvalue weighted by Gasteiger charge is 2.29. The number of rotatable bonds is 3. The van der Waals surface area contributed by atoms with Crippen molar-refractivity contribution in [3.05, 3.63) is 18.2 Å². The van der Waals surface area contributed by atoms with Crippen LogP contribution in [0.15, 0.2) is 23.1 Å². The van der Waals surface area contributed by atoms with Gasteiger partial charge >= 0.3 is 5.51 Å². The molecule has 0 heterocycles. The molecule has 6 heteroatoms. The molecule has 1 aromatic rings. The summed E-state index contributed by atoms with van der Waals surface area (Å²) in [6, 6.07) is 4.27. The van der Waals surface area contributed by atoms with E-state index in [2.05, 4.69) is 5.32 Å². The summed E-state index contributed by atoms with van der Waals surface area (Å²) in [5.74, 6) is 0.518. The average molecular weight is 237 g/mol. The van der Waals surface area contributed by atoms with Gasteiger partial charge in [-0.3, -0.25) is 0 Å². The first-order valence-corrected chi connectivity index (χ1v) is 4.89. The third-order valence-corrected chi connectivity index (χ3v) is 2.39. The minimum absolute atomic E-state index is 0.132. The largest absolute Gasteiger partial charge is 0.495 e. The Hall–Kier alpha value is -1.04. The lowest BCUT2D eigenvalue weighted by Crippen LogP contribution is -2.00. The van der Waals surface area contributed by atoms with Gasteiger partial charge in [0.25, 0.3) is 0 Å². The fourth-order valence-electron chi connectivity index (χ4n) is 1.08. The van der Waals surface area contributed by atoms with E-state index in [1.54, 1.807) is 7.05 Å². The first-order valence-electron chi connectivity index (χ1n) is 4.08. The minimum Gasteiger partial charge on any atom is -0.495 e. The number of nitrogens with one attached hydrogen (secondary N) is 1. The van der Waals surface area contributed by atoms with Crippen molar-refractivity contribution in [2.24, 2.45) is 0 Å². The Bertz CT molecular complexity index is 341. The summed E-state index contributed by atoms with van der Waals surface area (Å²) >= 11 is -0.146. The van der Waals surface area contributed by atoms with Crippen molar-refractivity contribution < 1.29 is 17.9 Å². The molecule has 0 fully saturated rings. The normalized spacial score (nSPS) is 11.3. The fraction of sp³-hybridized carbons (Fsp3) is 0.333. The minimum atomic E-state index is -4.26. The Balaban J connectivity index is 2.93. The van der Waals surface area contributed by atoms with Crippen molar-refractivity contribution in [2.45, 2.75) is 10.4 Å². The van der Waals surface area contributed by atoms with Gasteiger partial charge in [0.2, 0.25) is 0 Å². The molecule has 0 aliphatic rings. The van der Waals surface area contributed by atoms with Gasteiger partial charge in [-0.2, -0.15) is 13.2 Å². The maximum Gasteiger partial charge on any atom is 0.446 e. The van der Waals surface area contributed by atoms with Crippen molar-refractivity contribution in [2.75, 3.05) is 19.5 Å². The smallest absolute Gasteiger partial charge is 0.446 e. The zero-order valence-electron chi connectivity index (χ0n) is 8.18. The Morgan fingerprint density at radius 3 is 2.47 bits per heavy atom. The maximum absolute atomic E-state index is 12.1. The molecule has 0 bridgehead atoms. The lowest BCUT2D eigenvalue weighted by Gasteiger charge is -2.10. The van der Waals surface area contributed by atoms with Gasteiger partial charge in [0.1, 0.15) is 5.75 Å². The van der Waals surface area contributed by atoms with Crippen LogP contribution in [0.5, 0.6) is 5.75 Å². The highest BCUT2D eigenvalue weighted by Crippen LogP contribution is 2.39. The molecule has 0 amide bonds. The molecule has 1 rings (SSSR count). The molecule has 0 aliphatic carbocycles. The quantitative estimate of drug-likeness (QED) is 0.814. The van der Waals surface area contributed by atoms with Gasteiger partial charge in [-0.1, -0.05) is 0 Å². The van der Waals surface area contributed by atoms with Gasteiger partial charge in [0.15, 0.2) is 0 Å². The highest BCUT2D eigenvalue weighted by molar-refractivity contribution is 8.00. The zero-order valence-corrected chi connectivity index (χ0v) is 9.00. The predicted octanol–water partition coefficient (Wildman–Crippen LogP) is 3.35. The van der Waals surface area contributed by atoms with E-state index < -0.39 is 5.51 Å². The Morgan fingerprint density at radius 2 is 2.00 bits per heavy atom. The summed E-state index contributed by atoms with van der Waals surface area (Å²) in [4.78, 5) is 0.132. The lowest BCUT2D eigenvalue weighted by atomic mass is 10.3. The van der Waals surface area contributed by atoms with Crippen LogP contribution >= 0.6 is 11.8 Å². The number of benzene rings is 1. The van der Waals surface area contributed by atoms with Crippen molar-refractivity contribution in [3.8, 4) is 5.75 Å². The van der Waals surface area contributed by atoms with Crippen LogP contribution in [0.1, 0.15) is 0 Å². The van der Waals surface area contributed by atoms with Crippen LogP contribution < -0.4 is 10.1 Å². The standard InChI is InChI=1S/C9H10F3NOS/c1-13-7-5-6(15-9(10,11)12)3-4-8(7)14-2/h3-5,13H,1-2H3. The molecule has 0 unspecified atom stereocenters. The summed E-state index contributed by atoms with van der Waals surface area (Å²) in [7, 11) is 3.09. The maximum atomic E-state index is 12.1. The van der Waals surface area contributed by atoms with Crippen LogP contribution in [-0.4, -0.2) is 19.7 Å². The van der Waals surface area contributed by atoms with E-state index in [9.17, 15) is 13.2 Å². The molecule has 0 spiro atoms. The van der Waals surface area contributed by atoms with E-state index in [1.165, 1.54) is 25.3 Å². The summed E-state index contributed by atoms with van der Waals surface area (Å²) in [5.41, 5.74) is -3.73. The van der Waals surface area contributed by atoms with E-state index in [0.29, 0.717) is 11.4 Å². The number of anilines is 1. The summed E-state index contributed by atoms with van der Waals surface area (Å²) in [6.07, 6.45) is 0. The number of methoxy groups -OCH3 is 1. The molecule has 1 aromatic carbocycles. The Morgan fingerprint density at radius 1 is 1.33 bits per heavy atom. The summed E-state index contributed by atoms with van der Waals surface area (Å²) < 4.78 is 41.2. The molecule has 0 saturated carbocycles. The van der Waals surface area contributed by atoms with Crippen LogP contribution in [0, 0.1) is 0 Å². The van der Waals surface area contributed by atoms with E-state index in [0.717, 1.165) is 0 Å². The van der Waals surface area contributed by atoms with Gasteiger partial charge in [0.05, 0.1) is 12.8 Å². The van der Waals surface area contributed by atoms with Crippen molar-refractivity contribution >= 4 is 17.4 Å². The number of hydrogen-bond acceptors (Lipinski definition) is 3. The summed E-state index contributed by atoms with van der Waals surface area (Å²) in [5, 5.41) is 2.77. The SMILES string of the molecule is CNc1cc(SC(F)(F)F)ccc1OC. The van der Waals surface area contributed by atoms with Crippen LogP contribution in [0.3, 0.4) is 0 Å². The van der Waals surface area contributed by atoms with Crippen molar-refractivity contribution in [1.29, 1.82) is 0 Å². The second kappa shape index (κ2) is 4.65. The number of hydrogen-bond donors (Lipinski definition) is 1. The first kappa shape index (κ1) is 12.0.